The Kier molecular flexibility index (Phi) is 4.73. The molecular weight excluding hydrogens is 240 g/mol. The average Bonchev–Trinajstić information content (AvgIpc) is 2.48. The molecule has 0 spiro atoms. The van der Waals surface area contributed by atoms with Gasteiger partial charge in [0.05, 0.1) is 5.56 Å². The van der Waals surface area contributed by atoms with Gasteiger partial charge in [-0.1, -0.05) is 0 Å². The minimum atomic E-state index is 0.182. The lowest BCUT2D eigenvalue weighted by Gasteiger charge is -2.26. The van der Waals surface area contributed by atoms with Gasteiger partial charge in [-0.2, -0.15) is 5.26 Å². The minimum absolute atomic E-state index is 0.182. The maximum Gasteiger partial charge on any atom is 0.224 e. The monoisotopic (exact) mass is 258 g/mol. The number of carbonyl (C=O) groups excluding carboxylic acids is 1. The van der Waals surface area contributed by atoms with E-state index in [4.69, 9.17) is 5.26 Å². The van der Waals surface area contributed by atoms with Crippen LogP contribution in [0.2, 0.25) is 0 Å². The van der Waals surface area contributed by atoms with E-state index in [1.54, 1.807) is 18.3 Å². The fourth-order valence-electron chi connectivity index (χ4n) is 2.23. The summed E-state index contributed by atoms with van der Waals surface area (Å²) in [5.41, 5.74) is 0.507. The zero-order valence-corrected chi connectivity index (χ0v) is 10.9. The van der Waals surface area contributed by atoms with E-state index >= 15 is 0 Å². The number of nitriles is 1. The summed E-state index contributed by atoms with van der Waals surface area (Å²) in [5.74, 6) is 0.734. The van der Waals surface area contributed by atoms with E-state index in [1.165, 1.54) is 6.42 Å². The number of rotatable bonds is 4. The van der Waals surface area contributed by atoms with Crippen molar-refractivity contribution in [2.45, 2.75) is 25.7 Å². The Labute approximate surface area is 113 Å². The van der Waals surface area contributed by atoms with Crippen molar-refractivity contribution in [2.75, 3.05) is 25.0 Å². The fraction of sp³-hybridized carbons (Fsp3) is 0.500. The Morgan fingerprint density at radius 1 is 1.42 bits per heavy atom. The number of pyridine rings is 1. The quantitative estimate of drug-likeness (QED) is 0.893. The number of amides is 1. The van der Waals surface area contributed by atoms with Crippen molar-refractivity contribution in [3.05, 3.63) is 23.9 Å². The van der Waals surface area contributed by atoms with Crippen molar-refractivity contribution in [1.82, 2.24) is 9.88 Å². The van der Waals surface area contributed by atoms with Crippen molar-refractivity contribution in [3.63, 3.8) is 0 Å². The topological polar surface area (TPSA) is 69.0 Å². The van der Waals surface area contributed by atoms with Gasteiger partial charge in [0.25, 0.3) is 0 Å². The molecule has 2 heterocycles. The van der Waals surface area contributed by atoms with Gasteiger partial charge in [0.2, 0.25) is 5.91 Å². The van der Waals surface area contributed by atoms with E-state index in [0.717, 1.165) is 25.9 Å². The molecule has 1 aliphatic rings. The van der Waals surface area contributed by atoms with Crippen LogP contribution in [0.1, 0.15) is 31.2 Å². The Balaban J connectivity index is 1.80. The van der Waals surface area contributed by atoms with Crippen molar-refractivity contribution in [3.8, 4) is 6.07 Å². The van der Waals surface area contributed by atoms with Crippen LogP contribution < -0.4 is 5.32 Å². The SMILES string of the molecule is N#Cc1cccnc1NCCC(=O)N1CCCCC1. The van der Waals surface area contributed by atoms with Crippen LogP contribution in [0.3, 0.4) is 0 Å². The Morgan fingerprint density at radius 3 is 2.95 bits per heavy atom. The van der Waals surface area contributed by atoms with Crippen LogP contribution >= 0.6 is 0 Å². The predicted octanol–water partition coefficient (Wildman–Crippen LogP) is 1.77. The molecule has 1 saturated heterocycles. The van der Waals surface area contributed by atoms with Gasteiger partial charge in [0.1, 0.15) is 11.9 Å². The summed E-state index contributed by atoms with van der Waals surface area (Å²) in [7, 11) is 0. The molecule has 5 nitrogen and oxygen atoms in total. The Morgan fingerprint density at radius 2 is 2.21 bits per heavy atom. The van der Waals surface area contributed by atoms with Crippen LogP contribution in [0.15, 0.2) is 18.3 Å². The first-order valence-electron chi connectivity index (χ1n) is 6.68. The molecule has 2 rings (SSSR count). The molecular formula is C14H18N4O. The van der Waals surface area contributed by atoms with E-state index in [0.29, 0.717) is 24.3 Å². The highest BCUT2D eigenvalue weighted by Gasteiger charge is 2.15. The molecule has 19 heavy (non-hydrogen) atoms. The molecule has 1 aliphatic heterocycles. The smallest absolute Gasteiger partial charge is 0.224 e. The zero-order chi connectivity index (χ0) is 13.5. The van der Waals surface area contributed by atoms with E-state index in [2.05, 4.69) is 16.4 Å². The molecule has 1 aromatic heterocycles. The molecule has 1 fully saturated rings. The summed E-state index contributed by atoms with van der Waals surface area (Å²) < 4.78 is 0. The van der Waals surface area contributed by atoms with Crippen molar-refractivity contribution >= 4 is 11.7 Å². The largest absolute Gasteiger partial charge is 0.368 e. The summed E-state index contributed by atoms with van der Waals surface area (Å²) in [6.45, 7) is 2.28. The highest BCUT2D eigenvalue weighted by atomic mass is 16.2. The predicted molar refractivity (Wildman–Crippen MR) is 72.5 cm³/mol. The number of nitrogens with one attached hydrogen (secondary N) is 1. The zero-order valence-electron chi connectivity index (χ0n) is 10.9. The van der Waals surface area contributed by atoms with Crippen LogP contribution in [0.25, 0.3) is 0 Å². The van der Waals surface area contributed by atoms with Crippen LogP contribution in [-0.2, 0) is 4.79 Å². The molecule has 1 N–H and O–H groups in total. The second kappa shape index (κ2) is 6.74. The highest BCUT2D eigenvalue weighted by Crippen LogP contribution is 2.11. The molecule has 1 amide bonds. The van der Waals surface area contributed by atoms with E-state index in [9.17, 15) is 4.79 Å². The number of likely N-dealkylation sites (tertiary alicyclic amines) is 1. The second-order valence-electron chi connectivity index (χ2n) is 4.63. The number of carbonyl (C=O) groups is 1. The van der Waals surface area contributed by atoms with Gasteiger partial charge in [-0.15, -0.1) is 0 Å². The van der Waals surface area contributed by atoms with Gasteiger partial charge in [0.15, 0.2) is 0 Å². The lowest BCUT2D eigenvalue weighted by molar-refractivity contribution is -0.131. The molecule has 0 unspecified atom stereocenters. The molecule has 0 bridgehead atoms. The number of anilines is 1. The van der Waals surface area contributed by atoms with Gasteiger partial charge >= 0.3 is 0 Å². The van der Waals surface area contributed by atoms with Crippen LogP contribution in [-0.4, -0.2) is 35.4 Å². The van der Waals surface area contributed by atoms with Gasteiger partial charge in [-0.05, 0) is 31.4 Å². The normalized spacial score (nSPS) is 14.8. The average molecular weight is 258 g/mol. The lowest BCUT2D eigenvalue weighted by atomic mass is 10.1. The third-order valence-corrected chi connectivity index (χ3v) is 3.27. The molecule has 0 saturated carbocycles. The number of nitrogens with zero attached hydrogens (tertiary/aromatic N) is 3. The highest BCUT2D eigenvalue weighted by molar-refractivity contribution is 5.76. The maximum atomic E-state index is 11.9. The van der Waals surface area contributed by atoms with E-state index < -0.39 is 0 Å². The van der Waals surface area contributed by atoms with Crippen molar-refractivity contribution < 1.29 is 4.79 Å². The number of aromatic nitrogens is 1. The van der Waals surface area contributed by atoms with E-state index in [-0.39, 0.29) is 5.91 Å². The summed E-state index contributed by atoms with van der Waals surface area (Å²) >= 11 is 0. The Bertz CT molecular complexity index is 475. The standard InChI is InChI=1S/C14H18N4O/c15-11-12-5-4-7-16-14(12)17-8-6-13(19)18-9-2-1-3-10-18/h4-5,7H,1-3,6,8-10H2,(H,16,17). The maximum absolute atomic E-state index is 11.9. The first kappa shape index (κ1) is 13.3. The van der Waals surface area contributed by atoms with Crippen LogP contribution in [0.4, 0.5) is 5.82 Å². The Hall–Kier alpha value is -2.09. The fourth-order valence-corrected chi connectivity index (χ4v) is 2.23. The first-order valence-corrected chi connectivity index (χ1v) is 6.68. The molecule has 5 heteroatoms. The molecule has 100 valence electrons. The van der Waals surface area contributed by atoms with Crippen LogP contribution in [0.5, 0.6) is 0 Å². The number of hydrogen-bond acceptors (Lipinski definition) is 4. The van der Waals surface area contributed by atoms with Gasteiger partial charge in [0, 0.05) is 32.3 Å². The number of piperidine rings is 1. The summed E-state index contributed by atoms with van der Waals surface area (Å²) in [4.78, 5) is 18.0. The van der Waals surface area contributed by atoms with Crippen molar-refractivity contribution in [1.29, 1.82) is 5.26 Å². The summed E-state index contributed by atoms with van der Waals surface area (Å²) in [6, 6.07) is 5.51. The third-order valence-electron chi connectivity index (χ3n) is 3.27. The first-order chi connectivity index (χ1) is 9.31. The molecule has 0 atom stereocenters. The summed E-state index contributed by atoms with van der Waals surface area (Å²) in [5, 5.41) is 12.0. The van der Waals surface area contributed by atoms with E-state index in [1.807, 2.05) is 4.90 Å². The summed E-state index contributed by atoms with van der Waals surface area (Å²) in [6.07, 6.45) is 5.52. The number of hydrogen-bond donors (Lipinski definition) is 1. The minimum Gasteiger partial charge on any atom is -0.368 e. The molecule has 0 aliphatic carbocycles. The van der Waals surface area contributed by atoms with Crippen molar-refractivity contribution in [2.24, 2.45) is 0 Å². The third kappa shape index (κ3) is 3.68. The van der Waals surface area contributed by atoms with Gasteiger partial charge in [-0.3, -0.25) is 4.79 Å². The van der Waals surface area contributed by atoms with Crippen LogP contribution in [0, 0.1) is 11.3 Å². The molecule has 1 aromatic rings. The van der Waals surface area contributed by atoms with Gasteiger partial charge in [-0.25, -0.2) is 4.98 Å². The second-order valence-corrected chi connectivity index (χ2v) is 4.63. The van der Waals surface area contributed by atoms with Gasteiger partial charge < -0.3 is 10.2 Å². The molecule has 0 radical (unpaired) electrons. The lowest BCUT2D eigenvalue weighted by Crippen LogP contribution is -2.36. The molecule has 0 aromatic carbocycles.